The van der Waals surface area contributed by atoms with Gasteiger partial charge < -0.3 is 9.80 Å². The lowest BCUT2D eigenvalue weighted by Crippen LogP contribution is -2.43. The number of hydrogen-bond donors (Lipinski definition) is 0. The van der Waals surface area contributed by atoms with E-state index in [1.807, 2.05) is 73.5 Å². The zero-order chi connectivity index (χ0) is 18.5. The fourth-order valence-corrected chi connectivity index (χ4v) is 3.56. The van der Waals surface area contributed by atoms with E-state index in [0.29, 0.717) is 19.6 Å². The number of aryl methyl sites for hydroxylation is 1. The Morgan fingerprint density at radius 2 is 1.62 bits per heavy atom. The fraction of sp³-hybridized carbons (Fsp3) is 0.364. The van der Waals surface area contributed by atoms with Crippen molar-refractivity contribution < 1.29 is 9.59 Å². The molecule has 1 fully saturated rings. The van der Waals surface area contributed by atoms with E-state index in [4.69, 9.17) is 0 Å². The van der Waals surface area contributed by atoms with E-state index in [0.717, 1.165) is 29.5 Å². The molecular formula is C22H26N2O2. The van der Waals surface area contributed by atoms with Gasteiger partial charge in [0, 0.05) is 38.2 Å². The molecular weight excluding hydrogens is 324 g/mol. The van der Waals surface area contributed by atoms with E-state index in [1.165, 1.54) is 0 Å². The minimum Gasteiger partial charge on any atom is -0.341 e. The van der Waals surface area contributed by atoms with Crippen molar-refractivity contribution in [2.75, 3.05) is 20.1 Å². The first-order valence-electron chi connectivity index (χ1n) is 9.20. The molecule has 0 N–H and O–H groups in total. The van der Waals surface area contributed by atoms with Crippen molar-refractivity contribution >= 4 is 11.8 Å². The Balaban J connectivity index is 1.55. The number of benzene rings is 2. The summed E-state index contributed by atoms with van der Waals surface area (Å²) in [5, 5.41) is 0. The van der Waals surface area contributed by atoms with Crippen molar-refractivity contribution in [3.8, 4) is 0 Å². The lowest BCUT2D eigenvalue weighted by molar-refractivity contribution is -0.136. The van der Waals surface area contributed by atoms with Crippen LogP contribution in [-0.2, 0) is 11.3 Å². The predicted octanol–water partition coefficient (Wildman–Crippen LogP) is 3.51. The van der Waals surface area contributed by atoms with E-state index in [1.54, 1.807) is 4.90 Å². The summed E-state index contributed by atoms with van der Waals surface area (Å²) < 4.78 is 0. The smallest absolute Gasteiger partial charge is 0.254 e. The summed E-state index contributed by atoms with van der Waals surface area (Å²) in [6.07, 6.45) is 1.46. The zero-order valence-electron chi connectivity index (χ0n) is 15.5. The zero-order valence-corrected chi connectivity index (χ0v) is 15.5. The van der Waals surface area contributed by atoms with Crippen LogP contribution < -0.4 is 0 Å². The maximum Gasteiger partial charge on any atom is 0.254 e. The van der Waals surface area contributed by atoms with E-state index < -0.39 is 0 Å². The quantitative estimate of drug-likeness (QED) is 0.847. The molecule has 4 nitrogen and oxygen atoms in total. The fourth-order valence-electron chi connectivity index (χ4n) is 3.56. The number of carbonyl (C=O) groups is 2. The molecule has 0 spiro atoms. The molecule has 2 amide bonds. The molecule has 1 saturated heterocycles. The molecule has 0 unspecified atom stereocenters. The van der Waals surface area contributed by atoms with Crippen LogP contribution >= 0.6 is 0 Å². The SMILES string of the molecule is Cc1ccccc1C(=O)N1CCC(C(=O)N(C)Cc2ccccc2)CC1. The molecule has 0 radical (unpaired) electrons. The maximum absolute atomic E-state index is 12.7. The van der Waals surface area contributed by atoms with Gasteiger partial charge in [0.25, 0.3) is 5.91 Å². The highest BCUT2D eigenvalue weighted by Gasteiger charge is 2.29. The molecule has 136 valence electrons. The van der Waals surface area contributed by atoms with Crippen LogP contribution in [0.1, 0.15) is 34.3 Å². The van der Waals surface area contributed by atoms with Gasteiger partial charge in [-0.05, 0) is 37.0 Å². The van der Waals surface area contributed by atoms with Crippen molar-refractivity contribution in [1.82, 2.24) is 9.80 Å². The molecule has 0 aliphatic carbocycles. The van der Waals surface area contributed by atoms with Crippen LogP contribution in [-0.4, -0.2) is 41.8 Å². The number of amides is 2. The minimum atomic E-state index is 0.00429. The average Bonchev–Trinajstić information content (AvgIpc) is 2.68. The van der Waals surface area contributed by atoms with Gasteiger partial charge >= 0.3 is 0 Å². The number of carbonyl (C=O) groups excluding carboxylic acids is 2. The van der Waals surface area contributed by atoms with Crippen molar-refractivity contribution in [1.29, 1.82) is 0 Å². The second-order valence-corrected chi connectivity index (χ2v) is 7.06. The van der Waals surface area contributed by atoms with Gasteiger partial charge in [0.05, 0.1) is 0 Å². The highest BCUT2D eigenvalue weighted by atomic mass is 16.2. The average molecular weight is 350 g/mol. The summed E-state index contributed by atoms with van der Waals surface area (Å²) in [6.45, 7) is 3.87. The van der Waals surface area contributed by atoms with Crippen LogP contribution in [0.15, 0.2) is 54.6 Å². The third-order valence-corrected chi connectivity index (χ3v) is 5.15. The van der Waals surface area contributed by atoms with Gasteiger partial charge in [-0.15, -0.1) is 0 Å². The number of hydrogen-bond acceptors (Lipinski definition) is 2. The lowest BCUT2D eigenvalue weighted by Gasteiger charge is -2.33. The maximum atomic E-state index is 12.7. The summed E-state index contributed by atoms with van der Waals surface area (Å²) in [6, 6.07) is 17.7. The molecule has 0 aromatic heterocycles. The molecule has 0 bridgehead atoms. The monoisotopic (exact) mass is 350 g/mol. The standard InChI is InChI=1S/C22H26N2O2/c1-17-8-6-7-11-20(17)22(26)24-14-12-19(13-15-24)21(25)23(2)16-18-9-4-3-5-10-18/h3-11,19H,12-16H2,1-2H3. The molecule has 1 heterocycles. The first-order valence-corrected chi connectivity index (χ1v) is 9.20. The van der Waals surface area contributed by atoms with Crippen molar-refractivity contribution in [3.05, 3.63) is 71.3 Å². The molecule has 2 aromatic rings. The topological polar surface area (TPSA) is 40.6 Å². The predicted molar refractivity (Wildman–Crippen MR) is 103 cm³/mol. The van der Waals surface area contributed by atoms with Gasteiger partial charge in [0.1, 0.15) is 0 Å². The minimum absolute atomic E-state index is 0.00429. The summed E-state index contributed by atoms with van der Waals surface area (Å²) in [5.41, 5.74) is 2.90. The molecule has 3 rings (SSSR count). The third-order valence-electron chi connectivity index (χ3n) is 5.15. The number of piperidine rings is 1. The Morgan fingerprint density at radius 1 is 1.00 bits per heavy atom. The van der Waals surface area contributed by atoms with Gasteiger partial charge in [0.2, 0.25) is 5.91 Å². The largest absolute Gasteiger partial charge is 0.341 e. The second-order valence-electron chi connectivity index (χ2n) is 7.06. The molecule has 26 heavy (non-hydrogen) atoms. The first kappa shape index (κ1) is 18.2. The van der Waals surface area contributed by atoms with Crippen LogP contribution in [0.5, 0.6) is 0 Å². The highest BCUT2D eigenvalue weighted by Crippen LogP contribution is 2.22. The highest BCUT2D eigenvalue weighted by molar-refractivity contribution is 5.95. The van der Waals surface area contributed by atoms with Crippen LogP contribution in [0.2, 0.25) is 0 Å². The molecule has 1 aliphatic rings. The van der Waals surface area contributed by atoms with Gasteiger partial charge in [0.15, 0.2) is 0 Å². The number of rotatable bonds is 4. The van der Waals surface area contributed by atoms with Gasteiger partial charge in [-0.3, -0.25) is 9.59 Å². The number of nitrogens with zero attached hydrogens (tertiary/aromatic N) is 2. The van der Waals surface area contributed by atoms with Gasteiger partial charge in [-0.25, -0.2) is 0 Å². The summed E-state index contributed by atoms with van der Waals surface area (Å²) in [5.74, 6) is 0.258. The van der Waals surface area contributed by atoms with Crippen molar-refractivity contribution in [2.24, 2.45) is 5.92 Å². The Morgan fingerprint density at radius 3 is 2.27 bits per heavy atom. The molecule has 0 atom stereocenters. The third kappa shape index (κ3) is 4.13. The molecule has 4 heteroatoms. The second kappa shape index (κ2) is 8.17. The summed E-state index contributed by atoms with van der Waals surface area (Å²) in [4.78, 5) is 29.1. The van der Waals surface area contributed by atoms with Gasteiger partial charge in [-0.1, -0.05) is 48.5 Å². The summed E-state index contributed by atoms with van der Waals surface area (Å²) >= 11 is 0. The van der Waals surface area contributed by atoms with E-state index in [2.05, 4.69) is 0 Å². The Kier molecular flexibility index (Phi) is 5.71. The summed E-state index contributed by atoms with van der Waals surface area (Å²) in [7, 11) is 1.86. The molecule has 1 aliphatic heterocycles. The van der Waals surface area contributed by atoms with Crippen LogP contribution in [0, 0.1) is 12.8 Å². The number of likely N-dealkylation sites (tertiary alicyclic amines) is 1. The van der Waals surface area contributed by atoms with Crippen molar-refractivity contribution in [3.63, 3.8) is 0 Å². The van der Waals surface area contributed by atoms with Crippen molar-refractivity contribution in [2.45, 2.75) is 26.3 Å². The Hall–Kier alpha value is -2.62. The van der Waals surface area contributed by atoms with E-state index in [9.17, 15) is 9.59 Å². The first-order chi connectivity index (χ1) is 12.6. The Labute approximate surface area is 155 Å². The lowest BCUT2D eigenvalue weighted by atomic mass is 9.94. The van der Waals surface area contributed by atoms with Crippen LogP contribution in [0.3, 0.4) is 0 Å². The van der Waals surface area contributed by atoms with E-state index >= 15 is 0 Å². The van der Waals surface area contributed by atoms with Gasteiger partial charge in [-0.2, -0.15) is 0 Å². The van der Waals surface area contributed by atoms with Crippen LogP contribution in [0.4, 0.5) is 0 Å². The van der Waals surface area contributed by atoms with Crippen LogP contribution in [0.25, 0.3) is 0 Å². The normalized spacial score (nSPS) is 14.9. The van der Waals surface area contributed by atoms with E-state index in [-0.39, 0.29) is 17.7 Å². The molecule has 0 saturated carbocycles. The molecule has 2 aromatic carbocycles. The Bertz CT molecular complexity index is 765.